The topological polar surface area (TPSA) is 89.9 Å². The van der Waals surface area contributed by atoms with Crippen molar-refractivity contribution in [2.75, 3.05) is 6.61 Å². The van der Waals surface area contributed by atoms with E-state index >= 15 is 0 Å². The lowest BCUT2D eigenvalue weighted by Crippen LogP contribution is -2.39. The zero-order chi connectivity index (χ0) is 41.2. The molecule has 0 heterocycles. The molecule has 0 radical (unpaired) electrons. The number of benzene rings is 2. The van der Waals surface area contributed by atoms with Gasteiger partial charge in [-0.1, -0.05) is 27.7 Å². The van der Waals surface area contributed by atoms with Crippen LogP contribution in [0.5, 0.6) is 5.75 Å². The molecule has 0 spiro atoms. The Labute approximate surface area is 307 Å². The van der Waals surface area contributed by atoms with Gasteiger partial charge in [-0.3, -0.25) is 9.59 Å². The van der Waals surface area contributed by atoms with E-state index in [9.17, 15) is 62.7 Å². The molecule has 0 amide bonds. The maximum Gasteiger partial charge on any atom is 0.336 e. The van der Waals surface area contributed by atoms with E-state index in [1.807, 2.05) is 29.5 Å². The Morgan fingerprint density at radius 2 is 1.23 bits per heavy atom. The molecule has 0 saturated carbocycles. The monoisotopic (exact) mass is 880 g/mol. The molecule has 0 aromatic heterocycles. The van der Waals surface area contributed by atoms with E-state index in [-0.39, 0.29) is 17.3 Å². The van der Waals surface area contributed by atoms with Gasteiger partial charge in [0.25, 0.3) is 5.92 Å². The Hall–Kier alpha value is -3.19. The molecular formula is C34H40F11IO6. The molecule has 1 unspecified atom stereocenters. The first-order valence-corrected chi connectivity index (χ1v) is 16.6. The highest BCUT2D eigenvalue weighted by Gasteiger charge is 2.50. The first kappa shape index (κ1) is 48.8. The molecule has 6 nitrogen and oxygen atoms in total. The molecule has 0 saturated heterocycles. The number of halogens is 12. The quantitative estimate of drug-likeness (QED) is 0.0538. The second-order valence-corrected chi connectivity index (χ2v) is 13.9. The second-order valence-electron chi connectivity index (χ2n) is 12.8. The van der Waals surface area contributed by atoms with Crippen molar-refractivity contribution in [3.63, 3.8) is 0 Å². The van der Waals surface area contributed by atoms with Crippen molar-refractivity contribution in [3.8, 4) is 5.75 Å². The molecule has 0 aliphatic rings. The average molecular weight is 881 g/mol. The van der Waals surface area contributed by atoms with Gasteiger partial charge in [-0.25, -0.2) is 53.1 Å². The van der Waals surface area contributed by atoms with E-state index in [1.165, 1.54) is 26.8 Å². The standard InChI is InChI=1S/C13H15IO4.C11H16F6O2.C10H9F5/c1-4-13(2,3)12(17)18-8-5-6-10(14)9(7-8)11(15)16;1-4-9(2,3)8(18)19-6-10(14,15)5-11(16,17)7(12)13;1-3-4(2)5-6(11)8(13)10(15)9(14)7(5)12/h5-7H,4H2,1-3H3,(H,15,16);7H,4-6H2,1-3H3;4H,3H2,1-2H3. The van der Waals surface area contributed by atoms with Crippen LogP contribution in [0.4, 0.5) is 48.3 Å². The molecule has 2 rings (SSSR count). The van der Waals surface area contributed by atoms with Gasteiger partial charge in [0, 0.05) is 9.13 Å². The molecular weight excluding hydrogens is 840 g/mol. The highest BCUT2D eigenvalue weighted by Crippen LogP contribution is 2.36. The minimum Gasteiger partial charge on any atom is -0.478 e. The largest absolute Gasteiger partial charge is 0.478 e. The summed E-state index contributed by atoms with van der Waals surface area (Å²) < 4.78 is 149. The van der Waals surface area contributed by atoms with Crippen molar-refractivity contribution in [1.29, 1.82) is 0 Å². The number of carboxylic acid groups (broad SMARTS) is 1. The van der Waals surface area contributed by atoms with E-state index in [0.717, 1.165) is 0 Å². The molecule has 296 valence electrons. The second kappa shape index (κ2) is 19.8. The van der Waals surface area contributed by atoms with Crippen LogP contribution in [0.25, 0.3) is 0 Å². The smallest absolute Gasteiger partial charge is 0.336 e. The van der Waals surface area contributed by atoms with Gasteiger partial charge in [-0.05, 0) is 93.7 Å². The normalized spacial score (nSPS) is 12.6. The lowest BCUT2D eigenvalue weighted by atomic mass is 9.91. The number of esters is 2. The van der Waals surface area contributed by atoms with Crippen LogP contribution in [-0.4, -0.2) is 47.9 Å². The first-order chi connectivity index (χ1) is 23.5. The minimum atomic E-state index is -4.82. The predicted octanol–water partition coefficient (Wildman–Crippen LogP) is 11.1. The van der Waals surface area contributed by atoms with E-state index < -0.39 is 94.6 Å². The van der Waals surface area contributed by atoms with Gasteiger partial charge in [0.15, 0.2) is 29.9 Å². The number of carboxylic acids is 1. The predicted molar refractivity (Wildman–Crippen MR) is 176 cm³/mol. The van der Waals surface area contributed by atoms with Gasteiger partial charge < -0.3 is 14.6 Å². The summed E-state index contributed by atoms with van der Waals surface area (Å²) in [5, 5.41) is 8.98. The third-order valence-electron chi connectivity index (χ3n) is 7.83. The lowest BCUT2D eigenvalue weighted by molar-refractivity contribution is -0.198. The van der Waals surface area contributed by atoms with Crippen LogP contribution >= 0.6 is 22.6 Å². The summed E-state index contributed by atoms with van der Waals surface area (Å²) in [7, 11) is 0. The van der Waals surface area contributed by atoms with Crippen LogP contribution in [0.3, 0.4) is 0 Å². The number of aromatic carboxylic acids is 1. The van der Waals surface area contributed by atoms with E-state index in [1.54, 1.807) is 39.8 Å². The minimum absolute atomic E-state index is 0.134. The Bertz CT molecular complexity index is 1520. The van der Waals surface area contributed by atoms with Gasteiger partial charge in [0.1, 0.15) is 5.75 Å². The summed E-state index contributed by atoms with van der Waals surface area (Å²) in [6, 6.07) is 4.58. The Kier molecular flexibility index (Phi) is 18.5. The van der Waals surface area contributed by atoms with Crippen LogP contribution in [0.2, 0.25) is 0 Å². The number of hydrogen-bond acceptors (Lipinski definition) is 5. The first-order valence-electron chi connectivity index (χ1n) is 15.5. The summed E-state index contributed by atoms with van der Waals surface area (Å²) in [6.07, 6.45) is -5.32. The number of hydrogen-bond donors (Lipinski definition) is 1. The zero-order valence-corrected chi connectivity index (χ0v) is 31.6. The van der Waals surface area contributed by atoms with Crippen LogP contribution in [0.15, 0.2) is 18.2 Å². The molecule has 2 aromatic rings. The summed E-state index contributed by atoms with van der Waals surface area (Å²) in [4.78, 5) is 34.2. The molecule has 0 bridgehead atoms. The zero-order valence-electron chi connectivity index (χ0n) is 29.4. The summed E-state index contributed by atoms with van der Waals surface area (Å²) in [5.41, 5.74) is -2.22. The molecule has 1 N–H and O–H groups in total. The number of carbonyl (C=O) groups excluding carboxylic acids is 2. The van der Waals surface area contributed by atoms with E-state index in [4.69, 9.17) is 9.84 Å². The lowest BCUT2D eigenvalue weighted by Gasteiger charge is -2.25. The van der Waals surface area contributed by atoms with Crippen molar-refractivity contribution in [2.45, 2.75) is 105 Å². The average Bonchev–Trinajstić information content (AvgIpc) is 3.05. The Morgan fingerprint density at radius 1 is 0.788 bits per heavy atom. The van der Waals surface area contributed by atoms with Crippen molar-refractivity contribution < 1.29 is 77.3 Å². The highest BCUT2D eigenvalue weighted by molar-refractivity contribution is 14.1. The summed E-state index contributed by atoms with van der Waals surface area (Å²) in [6.45, 7) is 11.3. The number of ether oxygens (including phenoxy) is 2. The van der Waals surface area contributed by atoms with Crippen LogP contribution in [-0.2, 0) is 14.3 Å². The van der Waals surface area contributed by atoms with Gasteiger partial charge in [-0.2, -0.15) is 0 Å². The van der Waals surface area contributed by atoms with Crippen LogP contribution < -0.4 is 4.74 Å². The molecule has 0 aliphatic carbocycles. The number of carbonyl (C=O) groups is 3. The maximum atomic E-state index is 13.1. The SMILES string of the molecule is CCC(C)(C)C(=O)OCC(F)(F)CC(F)(F)C(F)F.CCC(C)(C)C(=O)Oc1ccc(I)c(C(=O)O)c1.CCC(C)c1c(F)c(F)c(F)c(F)c1F. The van der Waals surface area contributed by atoms with Gasteiger partial charge in [0.05, 0.1) is 22.8 Å². The van der Waals surface area contributed by atoms with Gasteiger partial charge in [0.2, 0.25) is 5.82 Å². The van der Waals surface area contributed by atoms with Gasteiger partial charge in [-0.15, -0.1) is 0 Å². The van der Waals surface area contributed by atoms with Crippen molar-refractivity contribution in [3.05, 3.63) is 62.0 Å². The molecule has 0 aliphatic heterocycles. The Balaban J connectivity index is 0.000000755. The fourth-order valence-corrected chi connectivity index (χ4v) is 3.93. The summed E-state index contributed by atoms with van der Waals surface area (Å²) >= 11 is 1.93. The van der Waals surface area contributed by atoms with E-state index in [2.05, 4.69) is 4.74 Å². The fourth-order valence-electron chi connectivity index (χ4n) is 3.36. The highest BCUT2D eigenvalue weighted by atomic mass is 127. The molecule has 52 heavy (non-hydrogen) atoms. The molecule has 18 heteroatoms. The van der Waals surface area contributed by atoms with Crippen LogP contribution in [0, 0.1) is 43.5 Å². The van der Waals surface area contributed by atoms with Gasteiger partial charge >= 0.3 is 30.3 Å². The third kappa shape index (κ3) is 14.0. The maximum absolute atomic E-state index is 13.1. The number of alkyl halides is 6. The fraction of sp³-hybridized carbons (Fsp3) is 0.559. The molecule has 2 aromatic carbocycles. The van der Waals surface area contributed by atoms with E-state index in [0.29, 0.717) is 22.8 Å². The Morgan fingerprint density at radius 3 is 1.63 bits per heavy atom. The third-order valence-corrected chi connectivity index (χ3v) is 8.77. The number of rotatable bonds is 13. The molecule has 1 atom stereocenters. The summed E-state index contributed by atoms with van der Waals surface area (Å²) in [5.74, 6) is -21.2. The molecule has 0 fully saturated rings. The van der Waals surface area contributed by atoms with Crippen molar-refractivity contribution >= 4 is 40.5 Å². The van der Waals surface area contributed by atoms with Crippen LogP contribution in [0.1, 0.15) is 103 Å². The van der Waals surface area contributed by atoms with Crippen molar-refractivity contribution in [1.82, 2.24) is 0 Å². The van der Waals surface area contributed by atoms with Crippen molar-refractivity contribution in [2.24, 2.45) is 10.8 Å².